The number of hydrogen-bond acceptors (Lipinski definition) is 4. The van der Waals surface area contributed by atoms with E-state index < -0.39 is 6.43 Å². The number of aliphatic imine (C=N–C) groups is 1. The molecule has 1 aromatic carbocycles. The Bertz CT molecular complexity index is 1060. The summed E-state index contributed by atoms with van der Waals surface area (Å²) in [6, 6.07) is 4.58. The zero-order valence-electron chi connectivity index (χ0n) is 18.1. The van der Waals surface area contributed by atoms with E-state index in [-0.39, 0.29) is 41.1 Å². The molecule has 0 bridgehead atoms. The fourth-order valence-electron chi connectivity index (χ4n) is 4.13. The van der Waals surface area contributed by atoms with E-state index in [1.807, 2.05) is 0 Å². The van der Waals surface area contributed by atoms with Crippen molar-refractivity contribution in [2.75, 3.05) is 13.1 Å². The molecule has 2 heterocycles. The molecule has 2 aromatic rings. The number of benzene rings is 1. The lowest BCUT2D eigenvalue weighted by molar-refractivity contribution is 0.0653. The molecule has 9 heteroatoms. The zero-order valence-corrected chi connectivity index (χ0v) is 18.1. The molecule has 1 amide bonds. The van der Waals surface area contributed by atoms with Crippen LogP contribution in [0.25, 0.3) is 5.70 Å². The van der Waals surface area contributed by atoms with Gasteiger partial charge in [0, 0.05) is 30.3 Å². The van der Waals surface area contributed by atoms with Gasteiger partial charge in [0.2, 0.25) is 0 Å². The molecule has 170 valence electrons. The van der Waals surface area contributed by atoms with Crippen molar-refractivity contribution in [3.8, 4) is 0 Å². The molecule has 2 aliphatic rings. The molecule has 1 saturated heterocycles. The van der Waals surface area contributed by atoms with E-state index in [1.165, 1.54) is 30.1 Å². The second-order valence-electron chi connectivity index (χ2n) is 8.65. The van der Waals surface area contributed by atoms with Crippen LogP contribution in [0, 0.1) is 17.7 Å². The monoisotopic (exact) mass is 445 g/mol. The summed E-state index contributed by atoms with van der Waals surface area (Å²) in [7, 11) is 0. The fourth-order valence-corrected chi connectivity index (χ4v) is 4.13. The summed E-state index contributed by atoms with van der Waals surface area (Å²) in [5.41, 5.74) is 1.28. The number of hydrogen-bond donors (Lipinski definition) is 0. The molecule has 1 aromatic heterocycles. The quantitative estimate of drug-likeness (QED) is 0.593. The molecule has 0 spiro atoms. The van der Waals surface area contributed by atoms with Gasteiger partial charge in [-0.25, -0.2) is 22.8 Å². The summed E-state index contributed by atoms with van der Waals surface area (Å²) < 4.78 is 41.3. The molecule has 2 atom stereocenters. The standard InChI is InChI=1S/C23H26F3N5O/c1-13-8-9-30(22(32)17-6-7-20(24)18(10-17)16-4-5-16)11-19(13)15(3)31-23(27-12-28-31)29-14(2)21(25)26/h6-7,10,12-13,16,19,21H,3-5,8-9,11H2,1-2H3/t13-,19-/m1/s1. The first-order chi connectivity index (χ1) is 15.3. The van der Waals surface area contributed by atoms with E-state index in [9.17, 15) is 18.0 Å². The lowest BCUT2D eigenvalue weighted by Gasteiger charge is -2.38. The average molecular weight is 445 g/mol. The van der Waals surface area contributed by atoms with E-state index >= 15 is 0 Å². The minimum Gasteiger partial charge on any atom is -0.338 e. The van der Waals surface area contributed by atoms with E-state index in [4.69, 9.17) is 0 Å². The Morgan fingerprint density at radius 2 is 2.03 bits per heavy atom. The highest BCUT2D eigenvalue weighted by molar-refractivity contribution is 5.94. The van der Waals surface area contributed by atoms with Gasteiger partial charge in [0.1, 0.15) is 12.1 Å². The van der Waals surface area contributed by atoms with E-state index in [0.717, 1.165) is 19.3 Å². The number of carbonyl (C=O) groups is 1. The van der Waals surface area contributed by atoms with Gasteiger partial charge in [-0.05, 0) is 61.8 Å². The Hall–Kier alpha value is -2.97. The lowest BCUT2D eigenvalue weighted by atomic mass is 9.84. The molecule has 32 heavy (non-hydrogen) atoms. The van der Waals surface area contributed by atoms with Crippen LogP contribution in [-0.4, -0.2) is 50.8 Å². The molecule has 2 fully saturated rings. The number of amides is 1. The predicted molar refractivity (Wildman–Crippen MR) is 116 cm³/mol. The first-order valence-electron chi connectivity index (χ1n) is 10.8. The Morgan fingerprint density at radius 3 is 2.72 bits per heavy atom. The summed E-state index contributed by atoms with van der Waals surface area (Å²) >= 11 is 0. The third-order valence-corrected chi connectivity index (χ3v) is 6.33. The molecular formula is C23H26F3N5O. The summed E-state index contributed by atoms with van der Waals surface area (Å²) in [4.78, 5) is 22.8. The van der Waals surface area contributed by atoms with Gasteiger partial charge in [-0.2, -0.15) is 10.1 Å². The number of carbonyl (C=O) groups excluding carboxylic acids is 1. The van der Waals surface area contributed by atoms with Gasteiger partial charge in [-0.3, -0.25) is 4.79 Å². The van der Waals surface area contributed by atoms with Gasteiger partial charge in [-0.1, -0.05) is 13.5 Å². The van der Waals surface area contributed by atoms with Crippen molar-refractivity contribution >= 4 is 23.3 Å². The molecule has 0 unspecified atom stereocenters. The second kappa shape index (κ2) is 8.88. The van der Waals surface area contributed by atoms with Crippen LogP contribution in [0.15, 0.2) is 36.1 Å². The lowest BCUT2D eigenvalue weighted by Crippen LogP contribution is -2.44. The van der Waals surface area contributed by atoms with Crippen molar-refractivity contribution in [2.24, 2.45) is 16.8 Å². The van der Waals surface area contributed by atoms with Crippen LogP contribution in [0.1, 0.15) is 54.9 Å². The molecule has 0 N–H and O–H groups in total. The van der Waals surface area contributed by atoms with Crippen LogP contribution in [0.2, 0.25) is 0 Å². The number of alkyl halides is 2. The van der Waals surface area contributed by atoms with Crippen LogP contribution >= 0.6 is 0 Å². The Balaban J connectivity index is 1.54. The first-order valence-corrected chi connectivity index (χ1v) is 10.8. The average Bonchev–Trinajstić information content (AvgIpc) is 3.51. The van der Waals surface area contributed by atoms with E-state index in [1.54, 1.807) is 11.0 Å². The number of rotatable bonds is 6. The topological polar surface area (TPSA) is 63.4 Å². The molecule has 1 aliphatic carbocycles. The molecule has 6 nitrogen and oxygen atoms in total. The van der Waals surface area contributed by atoms with Crippen molar-refractivity contribution in [3.63, 3.8) is 0 Å². The maximum Gasteiger partial charge on any atom is 0.276 e. The van der Waals surface area contributed by atoms with Crippen LogP contribution in [-0.2, 0) is 0 Å². The third kappa shape index (κ3) is 4.47. The van der Waals surface area contributed by atoms with E-state index in [2.05, 4.69) is 28.6 Å². The summed E-state index contributed by atoms with van der Waals surface area (Å²) in [6.45, 7) is 8.39. The molecule has 0 radical (unpaired) electrons. The summed E-state index contributed by atoms with van der Waals surface area (Å²) in [5, 5.41) is 4.12. The molecule has 1 saturated carbocycles. The Kier molecular flexibility index (Phi) is 6.17. The van der Waals surface area contributed by atoms with E-state index in [0.29, 0.717) is 29.9 Å². The van der Waals surface area contributed by atoms with Crippen LogP contribution < -0.4 is 0 Å². The normalized spacial score (nSPS) is 21.8. The summed E-state index contributed by atoms with van der Waals surface area (Å²) in [6.07, 6.45) is 1.20. The minimum absolute atomic E-state index is 0.0380. The largest absolute Gasteiger partial charge is 0.338 e. The molecule has 4 rings (SSSR count). The highest BCUT2D eigenvalue weighted by Crippen LogP contribution is 2.41. The second-order valence-corrected chi connectivity index (χ2v) is 8.65. The summed E-state index contributed by atoms with van der Waals surface area (Å²) in [5.74, 6) is -0.129. The number of aromatic nitrogens is 3. The Labute approximate surface area is 184 Å². The van der Waals surface area contributed by atoms with Crippen LogP contribution in [0.4, 0.5) is 19.1 Å². The first kappa shape index (κ1) is 22.2. The van der Waals surface area contributed by atoms with Gasteiger partial charge in [0.25, 0.3) is 18.3 Å². The van der Waals surface area contributed by atoms with Crippen molar-refractivity contribution in [1.82, 2.24) is 19.7 Å². The highest BCUT2D eigenvalue weighted by Gasteiger charge is 2.34. The number of halogens is 3. The van der Waals surface area contributed by atoms with Crippen LogP contribution in [0.3, 0.4) is 0 Å². The SMILES string of the molecule is C=C([C@@H]1CN(C(=O)c2ccc(F)c(C3CC3)c2)CC[C@H]1C)n1ncnc1N=C(C)C(F)F. The van der Waals surface area contributed by atoms with Crippen molar-refractivity contribution < 1.29 is 18.0 Å². The highest BCUT2D eigenvalue weighted by atomic mass is 19.3. The fraction of sp³-hybridized carbons (Fsp3) is 0.478. The Morgan fingerprint density at radius 1 is 1.28 bits per heavy atom. The van der Waals surface area contributed by atoms with Gasteiger partial charge >= 0.3 is 0 Å². The number of likely N-dealkylation sites (tertiary alicyclic amines) is 1. The molecule has 1 aliphatic heterocycles. The third-order valence-electron chi connectivity index (χ3n) is 6.33. The van der Waals surface area contributed by atoms with Gasteiger partial charge in [-0.15, -0.1) is 0 Å². The maximum atomic E-state index is 14.1. The molecular weight excluding hydrogens is 419 g/mol. The van der Waals surface area contributed by atoms with Gasteiger partial charge in [0.15, 0.2) is 0 Å². The van der Waals surface area contributed by atoms with Crippen molar-refractivity contribution in [2.45, 2.75) is 45.5 Å². The smallest absolute Gasteiger partial charge is 0.276 e. The van der Waals surface area contributed by atoms with Crippen molar-refractivity contribution in [1.29, 1.82) is 0 Å². The zero-order chi connectivity index (χ0) is 23.0. The maximum absolute atomic E-state index is 14.1. The number of nitrogens with zero attached hydrogens (tertiary/aromatic N) is 5. The van der Waals surface area contributed by atoms with Crippen molar-refractivity contribution in [3.05, 3.63) is 48.0 Å². The predicted octanol–water partition coefficient (Wildman–Crippen LogP) is 4.92. The van der Waals surface area contributed by atoms with Gasteiger partial charge in [0.05, 0.1) is 5.71 Å². The van der Waals surface area contributed by atoms with Gasteiger partial charge < -0.3 is 4.90 Å². The number of piperidine rings is 1. The minimum atomic E-state index is -2.69. The van der Waals surface area contributed by atoms with Crippen LogP contribution in [0.5, 0.6) is 0 Å².